The van der Waals surface area contributed by atoms with E-state index in [1.54, 1.807) is 38.3 Å². The van der Waals surface area contributed by atoms with Crippen LogP contribution in [0.5, 0.6) is 5.75 Å². The summed E-state index contributed by atoms with van der Waals surface area (Å²) in [7, 11) is 1.72. The number of fused-ring (bicyclic) bond motifs is 5. The lowest BCUT2D eigenvalue weighted by molar-refractivity contribution is -0.296. The lowest BCUT2D eigenvalue weighted by Gasteiger charge is -2.58. The first kappa shape index (κ1) is 26.9. The van der Waals surface area contributed by atoms with Gasteiger partial charge in [0.15, 0.2) is 0 Å². The number of hydrogen-bond donors (Lipinski definition) is 0. The third-order valence-corrected chi connectivity index (χ3v) is 9.66. The van der Waals surface area contributed by atoms with Crippen LogP contribution in [-0.2, 0) is 30.2 Å². The maximum absolute atomic E-state index is 13.0. The summed E-state index contributed by atoms with van der Waals surface area (Å²) in [6.07, 6.45) is 5.86. The molecule has 212 valence electrons. The molecule has 2 aliphatic carbocycles. The Hall–Kier alpha value is -3.32. The molecule has 0 radical (unpaired) electrons. The Kier molecular flexibility index (Phi) is 7.11. The van der Waals surface area contributed by atoms with Gasteiger partial charge in [0, 0.05) is 6.42 Å². The molecule has 40 heavy (non-hydrogen) atoms. The number of rotatable bonds is 5. The number of benzene rings is 2. The van der Waals surface area contributed by atoms with Gasteiger partial charge in [-0.05, 0) is 91.2 Å². The van der Waals surface area contributed by atoms with E-state index in [0.29, 0.717) is 36.3 Å². The Bertz CT molecular complexity index is 1300. The Labute approximate surface area is 235 Å². The second kappa shape index (κ2) is 10.6. The van der Waals surface area contributed by atoms with Crippen molar-refractivity contribution in [3.8, 4) is 5.75 Å². The number of carbonyl (C=O) groups excluding carboxylic acids is 2. The van der Waals surface area contributed by atoms with E-state index in [4.69, 9.17) is 23.7 Å². The number of carbonyl (C=O) groups is 2. The van der Waals surface area contributed by atoms with Gasteiger partial charge in [-0.1, -0.05) is 31.2 Å². The van der Waals surface area contributed by atoms with E-state index in [-0.39, 0.29) is 24.0 Å². The molecule has 1 saturated heterocycles. The Morgan fingerprint density at radius 2 is 1.88 bits per heavy atom. The quantitative estimate of drug-likeness (QED) is 0.428. The molecule has 4 aliphatic rings. The summed E-state index contributed by atoms with van der Waals surface area (Å²) < 4.78 is 29.5. The minimum absolute atomic E-state index is 0.0428. The van der Waals surface area contributed by atoms with E-state index in [9.17, 15) is 9.59 Å². The van der Waals surface area contributed by atoms with Crippen LogP contribution in [-0.4, -0.2) is 44.2 Å². The van der Waals surface area contributed by atoms with Crippen LogP contribution in [0.2, 0.25) is 0 Å². The Balaban J connectivity index is 1.27. The van der Waals surface area contributed by atoms with Crippen LogP contribution in [0.4, 0.5) is 0 Å². The smallest absolute Gasteiger partial charge is 0.340 e. The fraction of sp³-hybridized carbons (Fsp3) is 0.515. The molecule has 0 unspecified atom stereocenters. The number of ether oxygens (including phenoxy) is 5. The van der Waals surface area contributed by atoms with Gasteiger partial charge in [-0.25, -0.2) is 9.59 Å². The monoisotopic (exact) mass is 546 g/mol. The predicted octanol–water partition coefficient (Wildman–Crippen LogP) is 5.97. The Morgan fingerprint density at radius 3 is 2.65 bits per heavy atom. The molecule has 7 heteroatoms. The van der Waals surface area contributed by atoms with Crippen molar-refractivity contribution in [2.75, 3.05) is 20.3 Å². The highest BCUT2D eigenvalue weighted by Gasteiger charge is 2.57. The van der Waals surface area contributed by atoms with Crippen LogP contribution in [0.25, 0.3) is 0 Å². The number of esters is 2. The summed E-state index contributed by atoms with van der Waals surface area (Å²) >= 11 is 0. The van der Waals surface area contributed by atoms with Crippen molar-refractivity contribution < 1.29 is 33.3 Å². The number of hydrogen-bond acceptors (Lipinski definition) is 7. The first-order valence-electron chi connectivity index (χ1n) is 14.5. The van der Waals surface area contributed by atoms with Gasteiger partial charge >= 0.3 is 11.9 Å². The third-order valence-electron chi connectivity index (χ3n) is 9.66. The topological polar surface area (TPSA) is 80.3 Å². The van der Waals surface area contributed by atoms with Crippen LogP contribution >= 0.6 is 0 Å². The summed E-state index contributed by atoms with van der Waals surface area (Å²) in [5, 5.41) is 0. The van der Waals surface area contributed by atoms with Gasteiger partial charge in [0.2, 0.25) is 5.79 Å². The predicted molar refractivity (Wildman–Crippen MR) is 148 cm³/mol. The van der Waals surface area contributed by atoms with E-state index in [1.807, 2.05) is 6.07 Å². The van der Waals surface area contributed by atoms with Crippen molar-refractivity contribution in [1.82, 2.24) is 0 Å². The molecule has 0 aromatic heterocycles. The summed E-state index contributed by atoms with van der Waals surface area (Å²) in [6.45, 7) is 4.88. The molecule has 6 rings (SSSR count). The molecular formula is C33H38O7. The van der Waals surface area contributed by atoms with Crippen LogP contribution < -0.4 is 4.74 Å². The second-order valence-corrected chi connectivity index (χ2v) is 12.0. The lowest BCUT2D eigenvalue weighted by Crippen LogP contribution is -2.57. The van der Waals surface area contributed by atoms with Crippen molar-refractivity contribution >= 4 is 11.9 Å². The highest BCUT2D eigenvalue weighted by molar-refractivity contribution is 5.92. The van der Waals surface area contributed by atoms with Gasteiger partial charge in [0.25, 0.3) is 0 Å². The van der Waals surface area contributed by atoms with Crippen LogP contribution in [0, 0.1) is 17.3 Å². The van der Waals surface area contributed by atoms with Gasteiger partial charge in [0.1, 0.15) is 23.7 Å². The maximum atomic E-state index is 13.0. The normalized spacial score (nSPS) is 32.4. The van der Waals surface area contributed by atoms with Crippen molar-refractivity contribution in [1.29, 1.82) is 0 Å². The molecule has 2 aliphatic heterocycles. The molecule has 2 aromatic rings. The molecule has 0 N–H and O–H groups in total. The van der Waals surface area contributed by atoms with E-state index in [0.717, 1.165) is 31.4 Å². The molecule has 2 heterocycles. The summed E-state index contributed by atoms with van der Waals surface area (Å²) in [4.78, 5) is 25.9. The van der Waals surface area contributed by atoms with E-state index in [1.165, 1.54) is 17.4 Å². The molecular weight excluding hydrogens is 508 g/mol. The molecule has 7 nitrogen and oxygen atoms in total. The van der Waals surface area contributed by atoms with Crippen molar-refractivity contribution in [3.05, 3.63) is 77.1 Å². The van der Waals surface area contributed by atoms with E-state index < -0.39 is 23.8 Å². The largest absolute Gasteiger partial charge is 0.497 e. The molecule has 0 bridgehead atoms. The van der Waals surface area contributed by atoms with Crippen LogP contribution in [0.1, 0.15) is 73.4 Å². The highest BCUT2D eigenvalue weighted by Crippen LogP contribution is 2.60. The van der Waals surface area contributed by atoms with Crippen LogP contribution in [0.15, 0.2) is 60.4 Å². The zero-order valence-electron chi connectivity index (χ0n) is 23.5. The van der Waals surface area contributed by atoms with Gasteiger partial charge in [0.05, 0.1) is 32.3 Å². The maximum Gasteiger partial charge on any atom is 0.340 e. The zero-order chi connectivity index (χ0) is 27.9. The molecule has 1 saturated carbocycles. The SMILES string of the molecule is CCOC(=O)C1=CO[C@]2(C[C@H]1OC(=O)c1ccccc1)C[C@H]1[C@@H]3CCc4cc(OC)ccc4[C@H]3CC[C@]1(C)CO2. The summed E-state index contributed by atoms with van der Waals surface area (Å²) in [6, 6.07) is 15.3. The highest BCUT2D eigenvalue weighted by atomic mass is 16.7. The van der Waals surface area contributed by atoms with E-state index in [2.05, 4.69) is 25.1 Å². The fourth-order valence-electron chi connectivity index (χ4n) is 7.53. The van der Waals surface area contributed by atoms with Crippen molar-refractivity contribution in [2.45, 2.75) is 70.2 Å². The molecule has 1 spiro atoms. The van der Waals surface area contributed by atoms with E-state index >= 15 is 0 Å². The lowest BCUT2D eigenvalue weighted by atomic mass is 9.52. The van der Waals surface area contributed by atoms with Gasteiger partial charge in [-0.3, -0.25) is 0 Å². The molecule has 0 amide bonds. The van der Waals surface area contributed by atoms with Crippen molar-refractivity contribution in [2.24, 2.45) is 17.3 Å². The van der Waals surface area contributed by atoms with Crippen LogP contribution in [0.3, 0.4) is 0 Å². The Morgan fingerprint density at radius 1 is 1.05 bits per heavy atom. The molecule has 6 atom stereocenters. The number of aryl methyl sites for hydroxylation is 1. The van der Waals surface area contributed by atoms with Gasteiger partial charge < -0.3 is 23.7 Å². The molecule has 2 fully saturated rings. The number of methoxy groups -OCH3 is 1. The average molecular weight is 547 g/mol. The first-order chi connectivity index (χ1) is 19.3. The summed E-state index contributed by atoms with van der Waals surface area (Å²) in [5.41, 5.74) is 3.52. The van der Waals surface area contributed by atoms with Crippen molar-refractivity contribution in [3.63, 3.8) is 0 Å². The standard InChI is InChI=1S/C33H38O7/c1-4-37-31(35)27-19-38-33(18-29(27)40-30(34)21-8-6-5-7-9-21)17-28-26-12-10-22-16-23(36-3)11-13-24(22)25(26)14-15-32(28,2)20-39-33/h5-9,11,13,16,19,25-26,28-29H,4,10,12,14-15,17-18,20H2,1-3H3/t25-,26-,28+,29-,32-,33-/m1/s1. The van der Waals surface area contributed by atoms with Gasteiger partial charge in [-0.15, -0.1) is 0 Å². The first-order valence-corrected chi connectivity index (χ1v) is 14.5. The fourth-order valence-corrected chi connectivity index (χ4v) is 7.53. The second-order valence-electron chi connectivity index (χ2n) is 12.0. The minimum atomic E-state index is -0.968. The third kappa shape index (κ3) is 4.78. The average Bonchev–Trinajstić information content (AvgIpc) is 2.97. The van der Waals surface area contributed by atoms with Gasteiger partial charge in [-0.2, -0.15) is 0 Å². The summed E-state index contributed by atoms with van der Waals surface area (Å²) in [5.74, 6) is 0.284. The molecule has 2 aromatic carbocycles. The minimum Gasteiger partial charge on any atom is -0.497 e. The zero-order valence-corrected chi connectivity index (χ0v) is 23.5.